The van der Waals surface area contributed by atoms with E-state index in [2.05, 4.69) is 16.1 Å². The molecule has 0 aromatic rings. The molecule has 0 radical (unpaired) electrons. The molecule has 1 aliphatic heterocycles. The minimum Gasteiger partial charge on any atom is -0.384 e. The van der Waals surface area contributed by atoms with Crippen LogP contribution in [0.4, 0.5) is 0 Å². The molecule has 1 rings (SSSR count). The molecule has 0 unspecified atom stereocenters. The van der Waals surface area contributed by atoms with Crippen LogP contribution in [0.15, 0.2) is 23.0 Å². The normalized spacial score (nSPS) is 21.1. The molecule has 0 amide bonds. The second kappa shape index (κ2) is 4.59. The van der Waals surface area contributed by atoms with Crippen LogP contribution in [0, 0.1) is 0 Å². The monoisotopic (exact) mass is 173 g/mol. The van der Waals surface area contributed by atoms with E-state index in [4.69, 9.17) is 0 Å². The van der Waals surface area contributed by atoms with Crippen LogP contribution >= 0.6 is 10.9 Å². The first kappa shape index (κ1) is 8.84. The summed E-state index contributed by atoms with van der Waals surface area (Å²) < 4.78 is 0. The fourth-order valence-corrected chi connectivity index (χ4v) is 2.49. The molecule has 64 valence electrons. The van der Waals surface area contributed by atoms with Gasteiger partial charge in [0.25, 0.3) is 0 Å². The number of hydrogen-bond donors (Lipinski definition) is 3. The predicted octanol–water partition coefficient (Wildman–Crippen LogP) is 0.957. The van der Waals surface area contributed by atoms with Gasteiger partial charge in [-0.3, -0.25) is 0 Å². The fraction of sp³-hybridized carbons (Fsp3) is 0.500. The van der Waals surface area contributed by atoms with E-state index in [0.29, 0.717) is 0 Å². The lowest BCUT2D eigenvalue weighted by molar-refractivity contribution is 0.252. The summed E-state index contributed by atoms with van der Waals surface area (Å²) in [5, 5.41) is 16.8. The third-order valence-corrected chi connectivity index (χ3v) is 3.60. The van der Waals surface area contributed by atoms with Crippen molar-refractivity contribution in [1.29, 1.82) is 0 Å². The predicted molar refractivity (Wildman–Crippen MR) is 51.8 cm³/mol. The summed E-state index contributed by atoms with van der Waals surface area (Å²) in [5.41, 5.74) is -0.160. The first-order valence-corrected chi connectivity index (χ1v) is 5.34. The highest BCUT2D eigenvalue weighted by Crippen LogP contribution is 2.37. The van der Waals surface area contributed by atoms with Crippen molar-refractivity contribution in [2.75, 3.05) is 13.6 Å². The van der Waals surface area contributed by atoms with Gasteiger partial charge in [0.1, 0.15) is 0 Å². The molecule has 1 aliphatic rings. The van der Waals surface area contributed by atoms with Gasteiger partial charge in [0.2, 0.25) is 0 Å². The molecule has 2 N–H and O–H groups in total. The Hall–Kier alpha value is -0.250. The van der Waals surface area contributed by atoms with Gasteiger partial charge in [-0.25, -0.2) is 0 Å². The number of aliphatic hydroxyl groups is 1. The van der Waals surface area contributed by atoms with Crippen LogP contribution in [0.2, 0.25) is 0 Å². The quantitative estimate of drug-likeness (QED) is 0.553. The van der Waals surface area contributed by atoms with Crippen LogP contribution in [-0.2, 0) is 0 Å². The van der Waals surface area contributed by atoms with Crippen molar-refractivity contribution in [1.82, 2.24) is 5.32 Å². The van der Waals surface area contributed by atoms with Crippen LogP contribution in [0.3, 0.4) is 0 Å². The largest absolute Gasteiger partial charge is 0.384 e. The minimum absolute atomic E-state index is 0.160. The van der Waals surface area contributed by atoms with Crippen molar-refractivity contribution >= 4 is 10.9 Å². The highest BCUT2D eigenvalue weighted by molar-refractivity contribution is 8.22. The fourth-order valence-electron chi connectivity index (χ4n) is 0.969. The van der Waals surface area contributed by atoms with Crippen LogP contribution < -0.4 is 5.32 Å². The van der Waals surface area contributed by atoms with Crippen molar-refractivity contribution in [3.8, 4) is 0 Å². The van der Waals surface area contributed by atoms with Gasteiger partial charge in [-0.15, -0.1) is 0 Å². The Morgan fingerprint density at radius 1 is 1.45 bits per heavy atom. The summed E-state index contributed by atoms with van der Waals surface area (Å²) >= 11 is 0. The van der Waals surface area contributed by atoms with Gasteiger partial charge < -0.3 is 10.4 Å². The summed E-state index contributed by atoms with van der Waals surface area (Å²) in [7, 11) is 1.54. The SMILES string of the molecule is CNCC[C@H](O)[SH]1C=CC=C1. The molecule has 0 spiro atoms. The molecular formula is C8H15NOS. The van der Waals surface area contributed by atoms with Crippen molar-refractivity contribution in [3.63, 3.8) is 0 Å². The van der Waals surface area contributed by atoms with Crippen LogP contribution in [0.5, 0.6) is 0 Å². The molecule has 0 aliphatic carbocycles. The summed E-state index contributed by atoms with van der Waals surface area (Å²) in [6, 6.07) is 0. The average molecular weight is 173 g/mol. The smallest absolute Gasteiger partial charge is 0.0895 e. The van der Waals surface area contributed by atoms with Crippen LogP contribution in [-0.4, -0.2) is 24.1 Å². The van der Waals surface area contributed by atoms with Crippen molar-refractivity contribution < 1.29 is 5.11 Å². The molecule has 0 aromatic carbocycles. The maximum Gasteiger partial charge on any atom is 0.0895 e. The maximum absolute atomic E-state index is 9.57. The zero-order valence-electron chi connectivity index (χ0n) is 6.70. The van der Waals surface area contributed by atoms with Crippen molar-refractivity contribution in [2.45, 2.75) is 11.9 Å². The number of hydrogen-bond acceptors (Lipinski definition) is 2. The molecule has 0 saturated heterocycles. The molecule has 0 saturated carbocycles. The molecule has 3 heteroatoms. The van der Waals surface area contributed by atoms with E-state index >= 15 is 0 Å². The standard InChI is InChI=1S/C8H15NOS/c1-9-5-4-8(10)11-6-2-3-7-11/h2-3,6-11H,4-5H2,1H3/t8-/m1/s1. The highest BCUT2D eigenvalue weighted by atomic mass is 32.2. The van der Waals surface area contributed by atoms with E-state index in [1.54, 1.807) is 0 Å². The topological polar surface area (TPSA) is 32.3 Å². The van der Waals surface area contributed by atoms with Crippen LogP contribution in [0.25, 0.3) is 0 Å². The molecule has 1 atom stereocenters. The zero-order chi connectivity index (χ0) is 8.10. The number of rotatable bonds is 4. The van der Waals surface area contributed by atoms with Crippen molar-refractivity contribution in [3.05, 3.63) is 23.0 Å². The number of allylic oxidation sites excluding steroid dienone is 2. The second-order valence-corrected chi connectivity index (χ2v) is 4.59. The summed E-state index contributed by atoms with van der Waals surface area (Å²) in [6.07, 6.45) is 4.86. The molecule has 1 heterocycles. The zero-order valence-corrected chi connectivity index (χ0v) is 7.59. The third kappa shape index (κ3) is 2.69. The van der Waals surface area contributed by atoms with E-state index in [-0.39, 0.29) is 16.3 Å². The van der Waals surface area contributed by atoms with E-state index < -0.39 is 0 Å². The Bertz CT molecular complexity index is 155. The molecular weight excluding hydrogens is 158 g/mol. The van der Waals surface area contributed by atoms with Gasteiger partial charge in [0, 0.05) is 0 Å². The first-order valence-electron chi connectivity index (χ1n) is 3.79. The number of nitrogens with one attached hydrogen (secondary N) is 1. The number of thiol groups is 1. The molecule has 0 aromatic heterocycles. The molecule has 0 fully saturated rings. The molecule has 0 bridgehead atoms. The lowest BCUT2D eigenvalue weighted by Gasteiger charge is -2.17. The average Bonchev–Trinajstić information content (AvgIpc) is 2.52. The summed E-state index contributed by atoms with van der Waals surface area (Å²) in [4.78, 5) is 0. The Balaban J connectivity index is 2.24. The highest BCUT2D eigenvalue weighted by Gasteiger charge is 2.09. The van der Waals surface area contributed by atoms with E-state index in [0.717, 1.165) is 13.0 Å². The van der Waals surface area contributed by atoms with E-state index in [1.807, 2.05) is 19.2 Å². The van der Waals surface area contributed by atoms with Gasteiger partial charge in [-0.2, -0.15) is 10.9 Å². The first-order chi connectivity index (χ1) is 5.34. The van der Waals surface area contributed by atoms with Gasteiger partial charge >= 0.3 is 0 Å². The summed E-state index contributed by atoms with van der Waals surface area (Å²) in [6.45, 7) is 0.891. The third-order valence-electron chi connectivity index (χ3n) is 1.62. The van der Waals surface area contributed by atoms with E-state index in [9.17, 15) is 5.11 Å². The second-order valence-electron chi connectivity index (χ2n) is 2.50. The van der Waals surface area contributed by atoms with Crippen molar-refractivity contribution in [2.24, 2.45) is 0 Å². The lowest BCUT2D eigenvalue weighted by Crippen LogP contribution is -2.15. The Morgan fingerprint density at radius 2 is 2.09 bits per heavy atom. The Morgan fingerprint density at radius 3 is 2.64 bits per heavy atom. The Kier molecular flexibility index (Phi) is 3.69. The number of aliphatic hydroxyl groups excluding tert-OH is 1. The van der Waals surface area contributed by atoms with Gasteiger partial charge in [-0.1, -0.05) is 12.2 Å². The van der Waals surface area contributed by atoms with Gasteiger partial charge in [0.05, 0.1) is 5.44 Å². The molecule has 2 nitrogen and oxygen atoms in total. The van der Waals surface area contributed by atoms with Crippen LogP contribution in [0.1, 0.15) is 6.42 Å². The van der Waals surface area contributed by atoms with Gasteiger partial charge in [0.15, 0.2) is 0 Å². The van der Waals surface area contributed by atoms with Gasteiger partial charge in [-0.05, 0) is 30.8 Å². The maximum atomic E-state index is 9.57. The molecule has 11 heavy (non-hydrogen) atoms. The lowest BCUT2D eigenvalue weighted by atomic mass is 10.4. The minimum atomic E-state index is -0.363. The Labute approximate surface area is 70.3 Å². The summed E-state index contributed by atoms with van der Waals surface area (Å²) in [5.74, 6) is 0. The van der Waals surface area contributed by atoms with E-state index in [1.165, 1.54) is 0 Å².